The molecule has 106 valence electrons. The van der Waals surface area contributed by atoms with E-state index >= 15 is 0 Å². The van der Waals surface area contributed by atoms with E-state index < -0.39 is 0 Å². The second-order valence-corrected chi connectivity index (χ2v) is 5.84. The van der Waals surface area contributed by atoms with Crippen LogP contribution in [-0.4, -0.2) is 41.0 Å². The van der Waals surface area contributed by atoms with E-state index in [-0.39, 0.29) is 0 Å². The Balaban J connectivity index is 1.81. The first-order chi connectivity index (χ1) is 9.06. The SMILES string of the molecule is Cc1nc(Cl)c(NCCN2CCC(C)CC2)nc1C. The Morgan fingerprint density at radius 2 is 1.84 bits per heavy atom. The monoisotopic (exact) mass is 282 g/mol. The van der Waals surface area contributed by atoms with Gasteiger partial charge in [-0.3, -0.25) is 0 Å². The van der Waals surface area contributed by atoms with E-state index in [9.17, 15) is 0 Å². The lowest BCUT2D eigenvalue weighted by Crippen LogP contribution is -2.36. The zero-order valence-electron chi connectivity index (χ0n) is 12.0. The molecule has 0 aliphatic carbocycles. The van der Waals surface area contributed by atoms with Gasteiger partial charge in [-0.2, -0.15) is 0 Å². The second kappa shape index (κ2) is 6.53. The number of aromatic nitrogens is 2. The van der Waals surface area contributed by atoms with Crippen LogP contribution in [-0.2, 0) is 0 Å². The predicted molar refractivity (Wildman–Crippen MR) is 79.8 cm³/mol. The van der Waals surface area contributed by atoms with E-state index in [2.05, 4.69) is 27.1 Å². The van der Waals surface area contributed by atoms with Gasteiger partial charge in [0.25, 0.3) is 0 Å². The van der Waals surface area contributed by atoms with E-state index in [1.807, 2.05) is 13.8 Å². The third-order valence-corrected chi connectivity index (χ3v) is 4.12. The van der Waals surface area contributed by atoms with Crippen LogP contribution in [0.4, 0.5) is 5.82 Å². The van der Waals surface area contributed by atoms with Crippen molar-refractivity contribution in [2.45, 2.75) is 33.6 Å². The van der Waals surface area contributed by atoms with Gasteiger partial charge in [-0.25, -0.2) is 9.97 Å². The molecule has 1 aliphatic rings. The van der Waals surface area contributed by atoms with Crippen molar-refractivity contribution < 1.29 is 0 Å². The fraction of sp³-hybridized carbons (Fsp3) is 0.714. The average molecular weight is 283 g/mol. The number of likely N-dealkylation sites (tertiary alicyclic amines) is 1. The fourth-order valence-electron chi connectivity index (χ4n) is 2.31. The van der Waals surface area contributed by atoms with Crippen molar-refractivity contribution in [1.82, 2.24) is 14.9 Å². The maximum absolute atomic E-state index is 6.09. The lowest BCUT2D eigenvalue weighted by Gasteiger charge is -2.30. The first-order valence-electron chi connectivity index (χ1n) is 7.03. The quantitative estimate of drug-likeness (QED) is 0.922. The third kappa shape index (κ3) is 4.05. The molecule has 0 atom stereocenters. The smallest absolute Gasteiger partial charge is 0.171 e. The lowest BCUT2D eigenvalue weighted by atomic mass is 9.99. The molecule has 0 amide bonds. The molecule has 2 heterocycles. The summed E-state index contributed by atoms with van der Waals surface area (Å²) in [6.45, 7) is 10.5. The molecule has 1 saturated heterocycles. The van der Waals surface area contributed by atoms with Crippen LogP contribution in [0.2, 0.25) is 5.15 Å². The van der Waals surface area contributed by atoms with Crippen molar-refractivity contribution in [1.29, 1.82) is 0 Å². The highest BCUT2D eigenvalue weighted by molar-refractivity contribution is 6.31. The molecule has 1 aromatic rings. The fourth-order valence-corrected chi connectivity index (χ4v) is 2.54. The summed E-state index contributed by atoms with van der Waals surface area (Å²) in [7, 11) is 0. The molecule has 5 heteroatoms. The van der Waals surface area contributed by atoms with E-state index in [1.54, 1.807) is 0 Å². The number of aryl methyl sites for hydroxylation is 2. The van der Waals surface area contributed by atoms with Gasteiger partial charge in [0.2, 0.25) is 0 Å². The molecule has 0 saturated carbocycles. The van der Waals surface area contributed by atoms with E-state index in [4.69, 9.17) is 11.6 Å². The van der Waals surface area contributed by atoms with E-state index in [0.717, 1.165) is 30.4 Å². The Bertz CT molecular complexity index is 428. The molecule has 1 aromatic heterocycles. The lowest BCUT2D eigenvalue weighted by molar-refractivity contribution is 0.199. The number of halogens is 1. The van der Waals surface area contributed by atoms with Gasteiger partial charge in [0.15, 0.2) is 11.0 Å². The molecule has 4 nitrogen and oxygen atoms in total. The molecule has 1 aliphatic heterocycles. The predicted octanol–water partition coefficient (Wildman–Crippen LogP) is 2.89. The summed E-state index contributed by atoms with van der Waals surface area (Å²) >= 11 is 6.09. The largest absolute Gasteiger partial charge is 0.366 e. The number of nitrogens with zero attached hydrogens (tertiary/aromatic N) is 3. The summed E-state index contributed by atoms with van der Waals surface area (Å²) < 4.78 is 0. The minimum absolute atomic E-state index is 0.468. The van der Waals surface area contributed by atoms with Crippen LogP contribution in [0.1, 0.15) is 31.2 Å². The average Bonchev–Trinajstić information content (AvgIpc) is 2.38. The summed E-state index contributed by atoms with van der Waals surface area (Å²) in [4.78, 5) is 11.2. The number of rotatable bonds is 4. The Hall–Kier alpha value is -0.870. The van der Waals surface area contributed by atoms with Crippen molar-refractivity contribution in [2.24, 2.45) is 5.92 Å². The van der Waals surface area contributed by atoms with Crippen LogP contribution >= 0.6 is 11.6 Å². The number of nitrogens with one attached hydrogen (secondary N) is 1. The molecule has 0 radical (unpaired) electrons. The highest BCUT2D eigenvalue weighted by Crippen LogP contribution is 2.19. The van der Waals surface area contributed by atoms with Crippen LogP contribution < -0.4 is 5.32 Å². The Morgan fingerprint density at radius 3 is 2.53 bits per heavy atom. The van der Waals surface area contributed by atoms with Crippen LogP contribution in [0, 0.1) is 19.8 Å². The summed E-state index contributed by atoms with van der Waals surface area (Å²) in [5.41, 5.74) is 1.82. The minimum Gasteiger partial charge on any atom is -0.366 e. The zero-order valence-corrected chi connectivity index (χ0v) is 12.8. The van der Waals surface area contributed by atoms with E-state index in [0.29, 0.717) is 11.0 Å². The zero-order chi connectivity index (χ0) is 13.8. The van der Waals surface area contributed by atoms with Gasteiger partial charge in [-0.05, 0) is 45.7 Å². The van der Waals surface area contributed by atoms with Crippen molar-refractivity contribution in [3.63, 3.8) is 0 Å². The van der Waals surface area contributed by atoms with Crippen LogP contribution in [0.15, 0.2) is 0 Å². The van der Waals surface area contributed by atoms with Crippen molar-refractivity contribution in [3.05, 3.63) is 16.5 Å². The van der Waals surface area contributed by atoms with Crippen LogP contribution in [0.3, 0.4) is 0 Å². The highest BCUT2D eigenvalue weighted by Gasteiger charge is 2.15. The van der Waals surface area contributed by atoms with Crippen LogP contribution in [0.25, 0.3) is 0 Å². The van der Waals surface area contributed by atoms with Gasteiger partial charge in [-0.1, -0.05) is 18.5 Å². The molecule has 0 unspecified atom stereocenters. The maximum Gasteiger partial charge on any atom is 0.171 e. The molecule has 1 N–H and O–H groups in total. The van der Waals surface area contributed by atoms with Gasteiger partial charge in [0.1, 0.15) is 0 Å². The first kappa shape index (κ1) is 14.5. The molecular formula is C14H23ClN4. The van der Waals surface area contributed by atoms with Gasteiger partial charge in [0, 0.05) is 13.1 Å². The van der Waals surface area contributed by atoms with Gasteiger partial charge < -0.3 is 10.2 Å². The number of hydrogen-bond acceptors (Lipinski definition) is 4. The molecule has 19 heavy (non-hydrogen) atoms. The molecule has 0 bridgehead atoms. The molecule has 2 rings (SSSR count). The van der Waals surface area contributed by atoms with Crippen LogP contribution in [0.5, 0.6) is 0 Å². The standard InChI is InChI=1S/C14H23ClN4/c1-10-4-7-19(8-5-10)9-6-16-14-13(15)17-11(2)12(3)18-14/h10H,4-9H2,1-3H3,(H,16,18). The summed E-state index contributed by atoms with van der Waals surface area (Å²) in [5, 5.41) is 3.76. The van der Waals surface area contributed by atoms with Gasteiger partial charge in [0.05, 0.1) is 11.4 Å². The Morgan fingerprint density at radius 1 is 1.21 bits per heavy atom. The van der Waals surface area contributed by atoms with Gasteiger partial charge >= 0.3 is 0 Å². The van der Waals surface area contributed by atoms with Gasteiger partial charge in [-0.15, -0.1) is 0 Å². The van der Waals surface area contributed by atoms with Crippen molar-refractivity contribution in [3.8, 4) is 0 Å². The molecule has 0 spiro atoms. The first-order valence-corrected chi connectivity index (χ1v) is 7.41. The normalized spacial score (nSPS) is 17.7. The minimum atomic E-state index is 0.468. The number of anilines is 1. The molecule has 1 fully saturated rings. The van der Waals surface area contributed by atoms with Crippen molar-refractivity contribution >= 4 is 17.4 Å². The topological polar surface area (TPSA) is 41.1 Å². The van der Waals surface area contributed by atoms with E-state index in [1.165, 1.54) is 25.9 Å². The molecular weight excluding hydrogens is 260 g/mol. The highest BCUT2D eigenvalue weighted by atomic mass is 35.5. The maximum atomic E-state index is 6.09. The summed E-state index contributed by atoms with van der Waals surface area (Å²) in [5.74, 6) is 1.58. The third-order valence-electron chi connectivity index (χ3n) is 3.86. The van der Waals surface area contributed by atoms with Crippen molar-refractivity contribution in [2.75, 3.05) is 31.5 Å². The summed E-state index contributed by atoms with van der Waals surface area (Å²) in [6, 6.07) is 0. The second-order valence-electron chi connectivity index (χ2n) is 5.48. The summed E-state index contributed by atoms with van der Waals surface area (Å²) in [6.07, 6.45) is 2.62. The number of piperidine rings is 1. The Kier molecular flexibility index (Phi) is 4.99. The Labute approximate surface area is 120 Å². The number of hydrogen-bond donors (Lipinski definition) is 1. The molecule has 0 aromatic carbocycles.